The van der Waals surface area contributed by atoms with E-state index in [0.717, 1.165) is 11.4 Å². The van der Waals surface area contributed by atoms with Crippen LogP contribution in [0.5, 0.6) is 0 Å². The fraction of sp³-hybridized carbons (Fsp3) is 0.200. The Labute approximate surface area is 81.7 Å². The summed E-state index contributed by atoms with van der Waals surface area (Å²) in [6.45, 7) is 1.85. The molecule has 0 amide bonds. The first-order chi connectivity index (χ1) is 6.77. The zero-order chi connectivity index (χ0) is 9.97. The molecule has 0 aliphatic carbocycles. The summed E-state index contributed by atoms with van der Waals surface area (Å²) in [6, 6.07) is 7.31. The summed E-state index contributed by atoms with van der Waals surface area (Å²) in [5.41, 5.74) is 7.17. The van der Waals surface area contributed by atoms with Crippen LogP contribution in [-0.2, 0) is 0 Å². The second kappa shape index (κ2) is 3.59. The van der Waals surface area contributed by atoms with E-state index >= 15 is 0 Å². The second-order valence-electron chi connectivity index (χ2n) is 3.12. The third-order valence-electron chi connectivity index (χ3n) is 1.90. The van der Waals surface area contributed by atoms with Crippen LogP contribution in [0.4, 0.5) is 0 Å². The predicted molar refractivity (Wildman–Crippen MR) is 52.3 cm³/mol. The highest BCUT2D eigenvalue weighted by molar-refractivity contribution is 5.53. The van der Waals surface area contributed by atoms with E-state index in [4.69, 9.17) is 10.3 Å². The Kier molecular flexibility index (Phi) is 2.28. The molecular formula is C10H11N3O. The van der Waals surface area contributed by atoms with Gasteiger partial charge >= 0.3 is 0 Å². The van der Waals surface area contributed by atoms with Gasteiger partial charge in [0, 0.05) is 12.3 Å². The summed E-state index contributed by atoms with van der Waals surface area (Å²) >= 11 is 0. The number of nitrogens with two attached hydrogens (primary N) is 1. The Bertz CT molecular complexity index is 408. The lowest BCUT2D eigenvalue weighted by Crippen LogP contribution is -2.02. The molecule has 2 aromatic rings. The minimum atomic E-state index is -0.139. The molecule has 2 aromatic heterocycles. The highest BCUT2D eigenvalue weighted by Gasteiger charge is 2.09. The lowest BCUT2D eigenvalue weighted by Gasteiger charge is -1.94. The SMILES string of the molecule is CC(N)c1cc(-c2ccccn2)no1. The number of hydrogen-bond acceptors (Lipinski definition) is 4. The number of aromatic nitrogens is 2. The normalized spacial score (nSPS) is 12.7. The number of rotatable bonds is 2. The van der Waals surface area contributed by atoms with E-state index in [1.54, 1.807) is 6.20 Å². The molecule has 2 heterocycles. The summed E-state index contributed by atoms with van der Waals surface area (Å²) in [5, 5.41) is 3.89. The van der Waals surface area contributed by atoms with Crippen molar-refractivity contribution in [3.05, 3.63) is 36.2 Å². The van der Waals surface area contributed by atoms with Crippen molar-refractivity contribution in [1.82, 2.24) is 10.1 Å². The van der Waals surface area contributed by atoms with Gasteiger partial charge < -0.3 is 10.3 Å². The summed E-state index contributed by atoms with van der Waals surface area (Å²) in [4.78, 5) is 4.16. The van der Waals surface area contributed by atoms with E-state index < -0.39 is 0 Å². The first-order valence-corrected chi connectivity index (χ1v) is 4.41. The number of nitrogens with zero attached hydrogens (tertiary/aromatic N) is 2. The van der Waals surface area contributed by atoms with Crippen molar-refractivity contribution in [3.63, 3.8) is 0 Å². The van der Waals surface area contributed by atoms with Crippen LogP contribution < -0.4 is 5.73 Å². The molecule has 72 valence electrons. The lowest BCUT2D eigenvalue weighted by molar-refractivity contribution is 0.369. The third kappa shape index (κ3) is 1.65. The monoisotopic (exact) mass is 189 g/mol. The molecule has 0 saturated heterocycles. The van der Waals surface area contributed by atoms with E-state index in [1.165, 1.54) is 0 Å². The third-order valence-corrected chi connectivity index (χ3v) is 1.90. The van der Waals surface area contributed by atoms with Crippen LogP contribution >= 0.6 is 0 Å². The van der Waals surface area contributed by atoms with Gasteiger partial charge in [0.15, 0.2) is 5.76 Å². The van der Waals surface area contributed by atoms with Gasteiger partial charge in [0.25, 0.3) is 0 Å². The summed E-state index contributed by atoms with van der Waals surface area (Å²) in [5.74, 6) is 0.672. The largest absolute Gasteiger partial charge is 0.359 e. The molecule has 0 saturated carbocycles. The van der Waals surface area contributed by atoms with Gasteiger partial charge in [-0.1, -0.05) is 11.2 Å². The van der Waals surface area contributed by atoms with Crippen molar-refractivity contribution in [2.24, 2.45) is 5.73 Å². The Hall–Kier alpha value is -1.68. The highest BCUT2D eigenvalue weighted by atomic mass is 16.5. The molecule has 4 heteroatoms. The minimum absolute atomic E-state index is 0.139. The molecule has 0 spiro atoms. The summed E-state index contributed by atoms with van der Waals surface area (Å²) < 4.78 is 5.07. The van der Waals surface area contributed by atoms with Gasteiger partial charge in [0.2, 0.25) is 0 Å². The van der Waals surface area contributed by atoms with Crippen LogP contribution in [0.3, 0.4) is 0 Å². The fourth-order valence-electron chi connectivity index (χ4n) is 1.14. The molecule has 4 nitrogen and oxygen atoms in total. The molecule has 0 bridgehead atoms. The van der Waals surface area contributed by atoms with Crippen LogP contribution in [0.1, 0.15) is 18.7 Å². The van der Waals surface area contributed by atoms with Gasteiger partial charge in [0.1, 0.15) is 5.69 Å². The molecule has 0 fully saturated rings. The maximum absolute atomic E-state index is 5.65. The first-order valence-electron chi connectivity index (χ1n) is 4.41. The predicted octanol–water partition coefficient (Wildman–Crippen LogP) is 1.76. The van der Waals surface area contributed by atoms with Gasteiger partial charge in [-0.05, 0) is 19.1 Å². The number of pyridine rings is 1. The van der Waals surface area contributed by atoms with Crippen molar-refractivity contribution >= 4 is 0 Å². The van der Waals surface area contributed by atoms with E-state index in [2.05, 4.69) is 10.1 Å². The van der Waals surface area contributed by atoms with E-state index in [1.807, 2.05) is 31.2 Å². The molecule has 1 atom stereocenters. The fourth-order valence-corrected chi connectivity index (χ4v) is 1.14. The van der Waals surface area contributed by atoms with Crippen LogP contribution in [0, 0.1) is 0 Å². The van der Waals surface area contributed by atoms with Gasteiger partial charge in [0.05, 0.1) is 11.7 Å². The van der Waals surface area contributed by atoms with Crippen LogP contribution in [0.2, 0.25) is 0 Å². The Balaban J connectivity index is 2.34. The first kappa shape index (κ1) is 8.90. The summed E-state index contributed by atoms with van der Waals surface area (Å²) in [6.07, 6.45) is 1.72. The van der Waals surface area contributed by atoms with Crippen molar-refractivity contribution in [1.29, 1.82) is 0 Å². The lowest BCUT2D eigenvalue weighted by atomic mass is 10.2. The van der Waals surface area contributed by atoms with Crippen molar-refractivity contribution < 1.29 is 4.52 Å². The molecule has 0 aliphatic heterocycles. The van der Waals surface area contributed by atoms with Crippen LogP contribution in [0.15, 0.2) is 35.0 Å². The van der Waals surface area contributed by atoms with Gasteiger partial charge in [-0.2, -0.15) is 0 Å². The van der Waals surface area contributed by atoms with E-state index in [9.17, 15) is 0 Å². The Morgan fingerprint density at radius 3 is 2.79 bits per heavy atom. The average molecular weight is 189 g/mol. The molecule has 1 unspecified atom stereocenters. The van der Waals surface area contributed by atoms with E-state index in [-0.39, 0.29) is 6.04 Å². The Morgan fingerprint density at radius 2 is 2.21 bits per heavy atom. The van der Waals surface area contributed by atoms with E-state index in [0.29, 0.717) is 5.76 Å². The molecular weight excluding hydrogens is 178 g/mol. The van der Waals surface area contributed by atoms with Crippen molar-refractivity contribution in [3.8, 4) is 11.4 Å². The average Bonchev–Trinajstić information content (AvgIpc) is 2.68. The summed E-state index contributed by atoms with van der Waals surface area (Å²) in [7, 11) is 0. The minimum Gasteiger partial charge on any atom is -0.359 e. The quantitative estimate of drug-likeness (QED) is 0.781. The van der Waals surface area contributed by atoms with Crippen molar-refractivity contribution in [2.75, 3.05) is 0 Å². The molecule has 2 N–H and O–H groups in total. The van der Waals surface area contributed by atoms with Gasteiger partial charge in [-0.15, -0.1) is 0 Å². The molecule has 2 rings (SSSR count). The zero-order valence-electron chi connectivity index (χ0n) is 7.84. The maximum atomic E-state index is 5.65. The molecule has 0 radical (unpaired) electrons. The topological polar surface area (TPSA) is 64.9 Å². The maximum Gasteiger partial charge on any atom is 0.153 e. The van der Waals surface area contributed by atoms with Crippen molar-refractivity contribution in [2.45, 2.75) is 13.0 Å². The number of hydrogen-bond donors (Lipinski definition) is 1. The molecule has 14 heavy (non-hydrogen) atoms. The van der Waals surface area contributed by atoms with Gasteiger partial charge in [-0.3, -0.25) is 4.98 Å². The van der Waals surface area contributed by atoms with Gasteiger partial charge in [-0.25, -0.2) is 0 Å². The van der Waals surface area contributed by atoms with Crippen LogP contribution in [0.25, 0.3) is 11.4 Å². The van der Waals surface area contributed by atoms with Crippen LogP contribution in [-0.4, -0.2) is 10.1 Å². The highest BCUT2D eigenvalue weighted by Crippen LogP contribution is 2.18. The molecule has 0 aliphatic rings. The standard InChI is InChI=1S/C10H11N3O/c1-7(11)10-6-9(13-14-10)8-4-2-3-5-12-8/h2-7H,11H2,1H3. The second-order valence-corrected chi connectivity index (χ2v) is 3.12. The molecule has 0 aromatic carbocycles. The Morgan fingerprint density at radius 1 is 1.36 bits per heavy atom. The smallest absolute Gasteiger partial charge is 0.153 e. The zero-order valence-corrected chi connectivity index (χ0v) is 7.84.